The quantitative estimate of drug-likeness (QED) is 0.0222. The SMILES string of the molecule is CCC(C)CCCCCCCCC(=O)OC[C@H](COP(=O)(O)OC[C@H](O)COP(=O)(O)OC[C@@H](COC(=O)CCCCCCCCCCC(C)C)OC(=O)CCCCCCCCC(C)C)OC(=O)CCCCCCCCCCCCCCCCCCC(C)C. The van der Waals surface area contributed by atoms with Gasteiger partial charge in [0.05, 0.1) is 26.4 Å². The molecule has 6 atom stereocenters. The van der Waals surface area contributed by atoms with Crippen LogP contribution in [0.15, 0.2) is 0 Å². The molecule has 0 aliphatic rings. The first-order chi connectivity index (χ1) is 42.6. The lowest BCUT2D eigenvalue weighted by molar-refractivity contribution is -0.161. The Morgan fingerprint density at radius 2 is 0.539 bits per heavy atom. The minimum atomic E-state index is -4.95. The van der Waals surface area contributed by atoms with Gasteiger partial charge < -0.3 is 33.8 Å². The molecule has 0 radical (unpaired) electrons. The molecular weight excluding hydrogens is 1170 g/mol. The van der Waals surface area contributed by atoms with Crippen molar-refractivity contribution in [1.29, 1.82) is 0 Å². The third-order valence-electron chi connectivity index (χ3n) is 16.4. The maximum absolute atomic E-state index is 13.0. The molecule has 0 aliphatic carbocycles. The van der Waals surface area contributed by atoms with Crippen molar-refractivity contribution in [3.8, 4) is 0 Å². The summed E-state index contributed by atoms with van der Waals surface area (Å²) in [6, 6.07) is 0. The first kappa shape index (κ1) is 87.1. The molecule has 0 spiro atoms. The highest BCUT2D eigenvalue weighted by molar-refractivity contribution is 7.47. The number of hydrogen-bond donors (Lipinski definition) is 3. The molecule has 0 saturated carbocycles. The van der Waals surface area contributed by atoms with Crippen LogP contribution in [0.3, 0.4) is 0 Å². The zero-order chi connectivity index (χ0) is 66.1. The van der Waals surface area contributed by atoms with E-state index in [-0.39, 0.29) is 25.7 Å². The van der Waals surface area contributed by atoms with Gasteiger partial charge in [0.15, 0.2) is 12.2 Å². The van der Waals surface area contributed by atoms with Crippen LogP contribution in [0.5, 0.6) is 0 Å². The molecule has 0 amide bonds. The molecule has 3 N–H and O–H groups in total. The van der Waals surface area contributed by atoms with E-state index < -0.39 is 97.5 Å². The normalized spacial score (nSPS) is 14.6. The molecule has 19 heteroatoms. The summed E-state index contributed by atoms with van der Waals surface area (Å²) < 4.78 is 68.2. The predicted molar refractivity (Wildman–Crippen MR) is 358 cm³/mol. The van der Waals surface area contributed by atoms with Crippen LogP contribution in [0, 0.1) is 23.7 Å². The standard InChI is InChI=1S/C70H136O17P2/c1-9-63(8)49-41-33-27-29-35-43-51-68(73)81-57-65(86-69(74)52-44-36-25-19-17-15-13-11-10-12-14-16-18-22-30-38-46-60(2)3)58-84-88(76,77)82-54-64(71)55-83-89(78,79)85-59-66(87-70(75)53-45-37-28-26-32-40-48-62(6)7)56-80-67(72)50-42-34-24-21-20-23-31-39-47-61(4)5/h60-66,71H,9-59H2,1-8H3,(H,76,77)(H,78,79)/t63?,64-,65+,66+/m0/s1. The van der Waals surface area contributed by atoms with Crippen LogP contribution in [0.2, 0.25) is 0 Å². The van der Waals surface area contributed by atoms with Crippen molar-refractivity contribution in [2.75, 3.05) is 39.6 Å². The highest BCUT2D eigenvalue weighted by Crippen LogP contribution is 2.45. The zero-order valence-electron chi connectivity index (χ0n) is 58.1. The van der Waals surface area contributed by atoms with Crippen molar-refractivity contribution in [2.24, 2.45) is 23.7 Å². The van der Waals surface area contributed by atoms with E-state index in [9.17, 15) is 43.2 Å². The van der Waals surface area contributed by atoms with Gasteiger partial charge in [-0.3, -0.25) is 37.3 Å². The van der Waals surface area contributed by atoms with Crippen molar-refractivity contribution in [1.82, 2.24) is 0 Å². The maximum Gasteiger partial charge on any atom is 0.472 e. The molecule has 3 unspecified atom stereocenters. The summed E-state index contributed by atoms with van der Waals surface area (Å²) in [7, 11) is -9.90. The molecule has 0 aromatic rings. The molecule has 528 valence electrons. The molecule has 0 aromatic heterocycles. The fraction of sp³-hybridized carbons (Fsp3) is 0.943. The molecule has 17 nitrogen and oxygen atoms in total. The van der Waals surface area contributed by atoms with Crippen LogP contribution in [0.1, 0.15) is 344 Å². The summed E-state index contributed by atoms with van der Waals surface area (Å²) in [6.07, 6.45) is 42.0. The van der Waals surface area contributed by atoms with E-state index in [1.54, 1.807) is 0 Å². The van der Waals surface area contributed by atoms with E-state index >= 15 is 0 Å². The highest BCUT2D eigenvalue weighted by atomic mass is 31.2. The van der Waals surface area contributed by atoms with Gasteiger partial charge in [0.2, 0.25) is 0 Å². The first-order valence-electron chi connectivity index (χ1n) is 36.2. The van der Waals surface area contributed by atoms with Crippen molar-refractivity contribution in [3.63, 3.8) is 0 Å². The third kappa shape index (κ3) is 63.2. The zero-order valence-corrected chi connectivity index (χ0v) is 59.8. The fourth-order valence-electron chi connectivity index (χ4n) is 10.5. The molecular formula is C70H136O17P2. The minimum absolute atomic E-state index is 0.101. The smallest absolute Gasteiger partial charge is 0.462 e. The number of carbonyl (C=O) groups excluding carboxylic acids is 4. The Morgan fingerprint density at radius 1 is 0.315 bits per heavy atom. The second-order valence-corrected chi connectivity index (χ2v) is 29.8. The Balaban J connectivity index is 5.19. The largest absolute Gasteiger partial charge is 0.472 e. The average Bonchev–Trinajstić information content (AvgIpc) is 3.70. The van der Waals surface area contributed by atoms with Gasteiger partial charge in [-0.25, -0.2) is 9.13 Å². The number of aliphatic hydroxyl groups is 1. The van der Waals surface area contributed by atoms with E-state index in [1.165, 1.54) is 141 Å². The van der Waals surface area contributed by atoms with Gasteiger partial charge in [0, 0.05) is 25.7 Å². The van der Waals surface area contributed by atoms with Gasteiger partial charge >= 0.3 is 39.5 Å². The van der Waals surface area contributed by atoms with Crippen LogP contribution in [-0.2, 0) is 65.4 Å². The van der Waals surface area contributed by atoms with E-state index in [1.807, 2.05) is 0 Å². The Kier molecular flexibility index (Phi) is 58.5. The third-order valence-corrected chi connectivity index (χ3v) is 18.3. The summed E-state index contributed by atoms with van der Waals surface area (Å²) in [5.41, 5.74) is 0. The lowest BCUT2D eigenvalue weighted by atomic mass is 10.00. The number of unbranched alkanes of at least 4 members (excludes halogenated alkanes) is 32. The Bertz CT molecular complexity index is 1770. The number of aliphatic hydroxyl groups excluding tert-OH is 1. The number of ether oxygens (including phenoxy) is 4. The molecule has 0 aliphatic heterocycles. The van der Waals surface area contributed by atoms with Crippen LogP contribution in [0.4, 0.5) is 0 Å². The van der Waals surface area contributed by atoms with Crippen molar-refractivity contribution >= 4 is 39.5 Å². The molecule has 89 heavy (non-hydrogen) atoms. The Labute approximate surface area is 543 Å². The summed E-state index contributed by atoms with van der Waals surface area (Å²) in [5, 5.41) is 10.6. The van der Waals surface area contributed by atoms with Crippen LogP contribution in [0.25, 0.3) is 0 Å². The topological polar surface area (TPSA) is 237 Å². The van der Waals surface area contributed by atoms with Gasteiger partial charge in [-0.05, 0) is 49.4 Å². The molecule has 0 fully saturated rings. The first-order valence-corrected chi connectivity index (χ1v) is 39.2. The van der Waals surface area contributed by atoms with E-state index in [2.05, 4.69) is 55.4 Å². The maximum atomic E-state index is 13.0. The van der Waals surface area contributed by atoms with Gasteiger partial charge in [-0.2, -0.15) is 0 Å². The number of esters is 4. The highest BCUT2D eigenvalue weighted by Gasteiger charge is 2.30. The van der Waals surface area contributed by atoms with Crippen molar-refractivity contribution < 1.29 is 80.2 Å². The van der Waals surface area contributed by atoms with Crippen molar-refractivity contribution in [3.05, 3.63) is 0 Å². The Morgan fingerprint density at radius 3 is 0.798 bits per heavy atom. The summed E-state index contributed by atoms with van der Waals surface area (Å²) in [4.78, 5) is 72.4. The van der Waals surface area contributed by atoms with E-state index in [0.717, 1.165) is 114 Å². The summed E-state index contributed by atoms with van der Waals surface area (Å²) in [5.74, 6) is 0.800. The van der Waals surface area contributed by atoms with Crippen LogP contribution >= 0.6 is 15.6 Å². The van der Waals surface area contributed by atoms with Crippen molar-refractivity contribution in [2.45, 2.75) is 363 Å². The number of phosphoric ester groups is 2. The molecule has 0 aromatic carbocycles. The van der Waals surface area contributed by atoms with E-state index in [4.69, 9.17) is 37.0 Å². The monoisotopic (exact) mass is 1310 g/mol. The average molecular weight is 1310 g/mol. The lowest BCUT2D eigenvalue weighted by Crippen LogP contribution is -2.30. The van der Waals surface area contributed by atoms with Crippen LogP contribution < -0.4 is 0 Å². The molecule has 0 heterocycles. The number of rotatable bonds is 67. The number of hydrogen-bond acceptors (Lipinski definition) is 15. The second kappa shape index (κ2) is 59.8. The molecule has 0 bridgehead atoms. The number of phosphoric acid groups is 2. The fourth-order valence-corrected chi connectivity index (χ4v) is 12.0. The molecule has 0 saturated heterocycles. The molecule has 0 rings (SSSR count). The summed E-state index contributed by atoms with van der Waals surface area (Å²) >= 11 is 0. The number of carbonyl (C=O) groups is 4. The predicted octanol–water partition coefficient (Wildman–Crippen LogP) is 19.7. The van der Waals surface area contributed by atoms with E-state index in [0.29, 0.717) is 31.6 Å². The second-order valence-electron chi connectivity index (χ2n) is 26.9. The van der Waals surface area contributed by atoms with Gasteiger partial charge in [-0.15, -0.1) is 0 Å². The lowest BCUT2D eigenvalue weighted by Gasteiger charge is -2.21. The Hall–Kier alpha value is -1.94. The minimum Gasteiger partial charge on any atom is -0.462 e. The van der Waals surface area contributed by atoms with Crippen LogP contribution in [-0.4, -0.2) is 96.7 Å². The summed E-state index contributed by atoms with van der Waals surface area (Å²) in [6.45, 7) is 14.0. The van der Waals surface area contributed by atoms with Gasteiger partial charge in [0.25, 0.3) is 0 Å². The van der Waals surface area contributed by atoms with Gasteiger partial charge in [0.1, 0.15) is 19.3 Å². The van der Waals surface area contributed by atoms with Gasteiger partial charge in [-0.1, -0.05) is 293 Å².